The highest BCUT2D eigenvalue weighted by molar-refractivity contribution is 5.77. The highest BCUT2D eigenvalue weighted by atomic mass is 16.6. The van der Waals surface area contributed by atoms with Gasteiger partial charge in [-0.05, 0) is 17.7 Å². The number of amides is 1. The van der Waals surface area contributed by atoms with E-state index in [0.29, 0.717) is 19.6 Å². The molecule has 2 heterocycles. The Balaban J connectivity index is 1.89. The maximum Gasteiger partial charge on any atom is 0.224 e. The smallest absolute Gasteiger partial charge is 0.224 e. The summed E-state index contributed by atoms with van der Waals surface area (Å²) in [6, 6.07) is 5.96. The molecule has 1 saturated heterocycles. The van der Waals surface area contributed by atoms with Crippen molar-refractivity contribution in [2.75, 3.05) is 33.4 Å². The summed E-state index contributed by atoms with van der Waals surface area (Å²) in [7, 11) is 1.86. The second-order valence-corrected chi connectivity index (χ2v) is 4.88. The van der Waals surface area contributed by atoms with Crippen LogP contribution in [0.3, 0.4) is 0 Å². The summed E-state index contributed by atoms with van der Waals surface area (Å²) in [6.45, 7) is 2.68. The van der Waals surface area contributed by atoms with Crippen LogP contribution in [0.1, 0.15) is 18.0 Å². The molecule has 0 radical (unpaired) electrons. The predicted octanol–water partition coefficient (Wildman–Crippen LogP) is 0.951. The molecule has 0 aromatic heterocycles. The number of hydrogen-bond donors (Lipinski definition) is 1. The fraction of sp³-hybridized carbons (Fsp3) is 0.500. The van der Waals surface area contributed by atoms with E-state index in [1.807, 2.05) is 30.1 Å². The molecule has 0 saturated carbocycles. The maximum absolute atomic E-state index is 11.9. The van der Waals surface area contributed by atoms with Crippen molar-refractivity contribution in [1.82, 2.24) is 10.2 Å². The van der Waals surface area contributed by atoms with Crippen LogP contribution in [0.5, 0.6) is 11.5 Å². The summed E-state index contributed by atoms with van der Waals surface area (Å²) in [4.78, 5) is 13.7. The molecule has 1 aromatic carbocycles. The fourth-order valence-corrected chi connectivity index (χ4v) is 2.53. The Morgan fingerprint density at radius 2 is 2.05 bits per heavy atom. The molecule has 102 valence electrons. The molecular formula is C14H18N2O3. The molecule has 0 bridgehead atoms. The molecule has 5 heteroatoms. The van der Waals surface area contributed by atoms with Crippen molar-refractivity contribution in [1.29, 1.82) is 0 Å². The van der Waals surface area contributed by atoms with E-state index < -0.39 is 0 Å². The number of fused-ring (bicyclic) bond motifs is 1. The molecule has 5 nitrogen and oxygen atoms in total. The van der Waals surface area contributed by atoms with Gasteiger partial charge in [0, 0.05) is 26.6 Å². The van der Waals surface area contributed by atoms with Crippen molar-refractivity contribution in [3.8, 4) is 11.5 Å². The monoisotopic (exact) mass is 262 g/mol. The van der Waals surface area contributed by atoms with E-state index >= 15 is 0 Å². The SMILES string of the molecule is CN1C(=O)CCNCC1c1ccc2c(c1)OCCO2. The average Bonchev–Trinajstić information content (AvgIpc) is 2.61. The number of benzene rings is 1. The minimum atomic E-state index is 0.0471. The van der Waals surface area contributed by atoms with E-state index in [2.05, 4.69) is 5.32 Å². The second kappa shape index (κ2) is 5.09. The van der Waals surface area contributed by atoms with Crippen LogP contribution in [-0.4, -0.2) is 44.2 Å². The van der Waals surface area contributed by atoms with Crippen LogP contribution < -0.4 is 14.8 Å². The van der Waals surface area contributed by atoms with Gasteiger partial charge < -0.3 is 19.7 Å². The highest BCUT2D eigenvalue weighted by Gasteiger charge is 2.25. The number of rotatable bonds is 1. The summed E-state index contributed by atoms with van der Waals surface area (Å²) in [5.41, 5.74) is 1.08. The van der Waals surface area contributed by atoms with Gasteiger partial charge in [-0.2, -0.15) is 0 Å². The first kappa shape index (κ1) is 12.3. The Labute approximate surface area is 112 Å². The van der Waals surface area contributed by atoms with Crippen molar-refractivity contribution in [2.24, 2.45) is 0 Å². The van der Waals surface area contributed by atoms with Gasteiger partial charge >= 0.3 is 0 Å². The van der Waals surface area contributed by atoms with Gasteiger partial charge in [-0.3, -0.25) is 4.79 Å². The number of ether oxygens (including phenoxy) is 2. The predicted molar refractivity (Wildman–Crippen MR) is 70.4 cm³/mol. The molecule has 19 heavy (non-hydrogen) atoms. The van der Waals surface area contributed by atoms with E-state index in [9.17, 15) is 4.79 Å². The molecule has 0 spiro atoms. The Hall–Kier alpha value is -1.75. The lowest BCUT2D eigenvalue weighted by Crippen LogP contribution is -2.32. The Morgan fingerprint density at radius 3 is 2.89 bits per heavy atom. The molecule has 0 aliphatic carbocycles. The van der Waals surface area contributed by atoms with E-state index in [4.69, 9.17) is 9.47 Å². The van der Waals surface area contributed by atoms with Crippen LogP contribution in [0.2, 0.25) is 0 Å². The molecule has 1 unspecified atom stereocenters. The number of carbonyl (C=O) groups is 1. The van der Waals surface area contributed by atoms with Crippen LogP contribution in [0, 0.1) is 0 Å². The summed E-state index contributed by atoms with van der Waals surface area (Å²) < 4.78 is 11.1. The van der Waals surface area contributed by atoms with Gasteiger partial charge in [-0.15, -0.1) is 0 Å². The van der Waals surface area contributed by atoms with Gasteiger partial charge in [0.25, 0.3) is 0 Å². The fourth-order valence-electron chi connectivity index (χ4n) is 2.53. The zero-order valence-electron chi connectivity index (χ0n) is 11.0. The van der Waals surface area contributed by atoms with Crippen LogP contribution in [-0.2, 0) is 4.79 Å². The Morgan fingerprint density at radius 1 is 1.26 bits per heavy atom. The van der Waals surface area contributed by atoms with E-state index in [0.717, 1.165) is 30.2 Å². The van der Waals surface area contributed by atoms with E-state index in [-0.39, 0.29) is 11.9 Å². The van der Waals surface area contributed by atoms with Crippen LogP contribution >= 0.6 is 0 Å². The molecule has 1 aromatic rings. The first-order valence-corrected chi connectivity index (χ1v) is 6.61. The second-order valence-electron chi connectivity index (χ2n) is 4.88. The Bertz CT molecular complexity index is 490. The molecule has 1 amide bonds. The minimum absolute atomic E-state index is 0.0471. The standard InChI is InChI=1S/C14H18N2O3/c1-16-11(9-15-5-4-14(16)17)10-2-3-12-13(8-10)19-7-6-18-12/h2-3,8,11,15H,4-7,9H2,1H3. The topological polar surface area (TPSA) is 50.8 Å². The normalized spacial score (nSPS) is 23.1. The quantitative estimate of drug-likeness (QED) is 0.818. The zero-order valence-corrected chi connectivity index (χ0v) is 11.0. The van der Waals surface area contributed by atoms with Crippen molar-refractivity contribution in [3.63, 3.8) is 0 Å². The summed E-state index contributed by atoms with van der Waals surface area (Å²) >= 11 is 0. The average molecular weight is 262 g/mol. The lowest BCUT2D eigenvalue weighted by atomic mass is 10.0. The third-order valence-electron chi connectivity index (χ3n) is 3.67. The first-order valence-electron chi connectivity index (χ1n) is 6.61. The van der Waals surface area contributed by atoms with Crippen LogP contribution in [0.15, 0.2) is 18.2 Å². The van der Waals surface area contributed by atoms with Crippen molar-refractivity contribution < 1.29 is 14.3 Å². The number of nitrogens with zero attached hydrogens (tertiary/aromatic N) is 1. The molecule has 3 rings (SSSR count). The highest BCUT2D eigenvalue weighted by Crippen LogP contribution is 2.34. The van der Waals surface area contributed by atoms with Crippen LogP contribution in [0.25, 0.3) is 0 Å². The summed E-state index contributed by atoms with van der Waals surface area (Å²) in [5, 5.41) is 3.30. The first-order chi connectivity index (χ1) is 9.25. The zero-order chi connectivity index (χ0) is 13.2. The van der Waals surface area contributed by atoms with Gasteiger partial charge in [0.1, 0.15) is 13.2 Å². The third-order valence-corrected chi connectivity index (χ3v) is 3.67. The van der Waals surface area contributed by atoms with Gasteiger partial charge in [0.2, 0.25) is 5.91 Å². The van der Waals surface area contributed by atoms with Crippen LogP contribution in [0.4, 0.5) is 0 Å². The Kier molecular flexibility index (Phi) is 3.29. The van der Waals surface area contributed by atoms with E-state index in [1.165, 1.54) is 0 Å². The summed E-state index contributed by atoms with van der Waals surface area (Å²) in [6.07, 6.45) is 0.553. The number of likely N-dealkylation sites (N-methyl/N-ethyl adjacent to an activating group) is 1. The van der Waals surface area contributed by atoms with Gasteiger partial charge in [0.15, 0.2) is 11.5 Å². The number of nitrogens with one attached hydrogen (secondary N) is 1. The maximum atomic E-state index is 11.9. The van der Waals surface area contributed by atoms with Gasteiger partial charge in [0.05, 0.1) is 6.04 Å². The molecule has 1 atom stereocenters. The largest absolute Gasteiger partial charge is 0.486 e. The lowest BCUT2D eigenvalue weighted by Gasteiger charge is -2.27. The number of carbonyl (C=O) groups excluding carboxylic acids is 1. The molecule has 1 N–H and O–H groups in total. The molecular weight excluding hydrogens is 244 g/mol. The molecule has 2 aliphatic heterocycles. The minimum Gasteiger partial charge on any atom is -0.486 e. The van der Waals surface area contributed by atoms with Crippen molar-refractivity contribution in [2.45, 2.75) is 12.5 Å². The van der Waals surface area contributed by atoms with Crippen molar-refractivity contribution in [3.05, 3.63) is 23.8 Å². The third kappa shape index (κ3) is 2.38. The van der Waals surface area contributed by atoms with E-state index in [1.54, 1.807) is 0 Å². The van der Waals surface area contributed by atoms with Gasteiger partial charge in [-0.1, -0.05) is 6.07 Å². The summed E-state index contributed by atoms with van der Waals surface area (Å²) in [5.74, 6) is 1.73. The molecule has 2 aliphatic rings. The lowest BCUT2D eigenvalue weighted by molar-refractivity contribution is -0.131. The van der Waals surface area contributed by atoms with Gasteiger partial charge in [-0.25, -0.2) is 0 Å². The molecule has 1 fully saturated rings. The van der Waals surface area contributed by atoms with Crippen molar-refractivity contribution >= 4 is 5.91 Å². The number of hydrogen-bond acceptors (Lipinski definition) is 4.